The van der Waals surface area contributed by atoms with Crippen molar-refractivity contribution in [2.24, 2.45) is 5.92 Å². The summed E-state index contributed by atoms with van der Waals surface area (Å²) in [4.78, 5) is 19.1. The Morgan fingerprint density at radius 1 is 1.03 bits per heavy atom. The van der Waals surface area contributed by atoms with Gasteiger partial charge in [-0.25, -0.2) is 4.39 Å². The van der Waals surface area contributed by atoms with Crippen molar-refractivity contribution >= 4 is 34.6 Å². The maximum absolute atomic E-state index is 14.2. The molecule has 0 bridgehead atoms. The average Bonchev–Trinajstić information content (AvgIpc) is 3.40. The van der Waals surface area contributed by atoms with Crippen LogP contribution in [0.2, 0.25) is 0 Å². The number of carbonyl (C=O) groups excluding carboxylic acids is 1. The molecule has 2 aromatic carbocycles. The van der Waals surface area contributed by atoms with Crippen LogP contribution < -0.4 is 15.5 Å². The topological polar surface area (TPSA) is 62.2 Å². The summed E-state index contributed by atoms with van der Waals surface area (Å²) in [5.41, 5.74) is 7.33. The Bertz CT molecular complexity index is 1550. The number of thiocarbonyl (C=S) groups is 1. The third kappa shape index (κ3) is 5.04. The normalized spacial score (nSPS) is 17.0. The number of carbonyl (C=O) groups is 1. The first-order chi connectivity index (χ1) is 18.7. The molecule has 0 saturated carbocycles. The van der Waals surface area contributed by atoms with Gasteiger partial charge in [-0.05, 0) is 98.7 Å². The zero-order valence-electron chi connectivity index (χ0n) is 22.7. The van der Waals surface area contributed by atoms with Crippen LogP contribution in [0.4, 0.5) is 15.8 Å². The molecule has 1 amide bonds. The Kier molecular flexibility index (Phi) is 7.23. The van der Waals surface area contributed by atoms with Crippen molar-refractivity contribution in [3.63, 3.8) is 0 Å². The van der Waals surface area contributed by atoms with Crippen molar-refractivity contribution in [1.82, 2.24) is 14.9 Å². The van der Waals surface area contributed by atoms with Gasteiger partial charge in [-0.1, -0.05) is 26.0 Å². The second-order valence-corrected chi connectivity index (χ2v) is 10.7. The highest BCUT2D eigenvalue weighted by atomic mass is 32.1. The van der Waals surface area contributed by atoms with Crippen LogP contribution in [0.5, 0.6) is 0 Å². The van der Waals surface area contributed by atoms with Crippen LogP contribution in [0.25, 0.3) is 5.69 Å². The summed E-state index contributed by atoms with van der Waals surface area (Å²) >= 11 is 5.91. The first kappa shape index (κ1) is 26.6. The summed E-state index contributed by atoms with van der Waals surface area (Å²) in [5, 5.41) is 7.11. The molecule has 0 unspecified atom stereocenters. The largest absolute Gasteiger partial charge is 0.351 e. The molecule has 0 aliphatic carbocycles. The molecule has 5 rings (SSSR count). The molecule has 2 atom stereocenters. The third-order valence-electron chi connectivity index (χ3n) is 7.22. The fraction of sp³-hybridized carbons (Fsp3) is 0.258. The standard InChI is InChI=1S/C31H32FN5OS/c1-18(2)30(38)34-26-13-12-24(15-19(26)3)37-29(28(35-31(37)39)27-11-6-7-14-33-27)25-16-20(4)36(21(25)5)23-10-8-9-22(32)17-23/h6-18,28-29H,1-5H3,(H,34,38)(H,35,39)/t28-,29-/m1/s1. The number of hydrogen-bond acceptors (Lipinski definition) is 3. The zero-order chi connectivity index (χ0) is 27.8. The molecule has 2 aromatic heterocycles. The second-order valence-electron chi connectivity index (χ2n) is 10.3. The van der Waals surface area contributed by atoms with E-state index in [4.69, 9.17) is 12.2 Å². The molecule has 0 radical (unpaired) electrons. The lowest BCUT2D eigenvalue weighted by atomic mass is 9.96. The summed E-state index contributed by atoms with van der Waals surface area (Å²) in [6.07, 6.45) is 1.78. The number of nitrogens with zero attached hydrogens (tertiary/aromatic N) is 3. The van der Waals surface area contributed by atoms with Crippen LogP contribution in [-0.4, -0.2) is 20.6 Å². The van der Waals surface area contributed by atoms with E-state index in [0.717, 1.165) is 45.3 Å². The highest BCUT2D eigenvalue weighted by molar-refractivity contribution is 7.80. The van der Waals surface area contributed by atoms with Gasteiger partial charge < -0.3 is 20.1 Å². The van der Waals surface area contributed by atoms with E-state index in [1.165, 1.54) is 6.07 Å². The Labute approximate surface area is 233 Å². The van der Waals surface area contributed by atoms with Gasteiger partial charge in [0.25, 0.3) is 0 Å². The smallest absolute Gasteiger partial charge is 0.226 e. The maximum atomic E-state index is 14.2. The van der Waals surface area contributed by atoms with Crippen molar-refractivity contribution < 1.29 is 9.18 Å². The Morgan fingerprint density at radius 3 is 2.49 bits per heavy atom. The van der Waals surface area contributed by atoms with Gasteiger partial charge >= 0.3 is 0 Å². The van der Waals surface area contributed by atoms with E-state index < -0.39 is 0 Å². The number of aryl methyl sites for hydroxylation is 2. The summed E-state index contributed by atoms with van der Waals surface area (Å²) in [7, 11) is 0. The minimum absolute atomic E-state index is 0.0258. The number of rotatable bonds is 6. The molecule has 1 fully saturated rings. The van der Waals surface area contributed by atoms with Crippen LogP contribution >= 0.6 is 12.2 Å². The van der Waals surface area contributed by atoms with Crippen molar-refractivity contribution in [3.05, 3.63) is 107 Å². The zero-order valence-corrected chi connectivity index (χ0v) is 23.5. The van der Waals surface area contributed by atoms with Crippen LogP contribution in [0.1, 0.15) is 54.1 Å². The molecule has 3 heterocycles. The van der Waals surface area contributed by atoms with Crippen molar-refractivity contribution in [2.75, 3.05) is 10.2 Å². The van der Waals surface area contributed by atoms with Gasteiger partial charge in [-0.3, -0.25) is 9.78 Å². The molecule has 200 valence electrons. The Balaban J connectivity index is 1.62. The SMILES string of the molecule is Cc1cc(N2C(=S)N[C@H](c3ccccn3)[C@H]2c2cc(C)n(-c3cccc(F)c3)c2C)ccc1NC(=O)C(C)C. The Hall–Kier alpha value is -4.04. The minimum Gasteiger partial charge on any atom is -0.351 e. The number of amides is 1. The van der Waals surface area contributed by atoms with E-state index in [-0.39, 0.29) is 29.7 Å². The second kappa shape index (κ2) is 10.6. The highest BCUT2D eigenvalue weighted by Crippen LogP contribution is 2.44. The van der Waals surface area contributed by atoms with Gasteiger partial charge in [0.1, 0.15) is 5.82 Å². The van der Waals surface area contributed by atoms with Gasteiger partial charge in [0.15, 0.2) is 5.11 Å². The monoisotopic (exact) mass is 541 g/mol. The van der Waals surface area contributed by atoms with Crippen molar-refractivity contribution in [1.29, 1.82) is 0 Å². The van der Waals surface area contributed by atoms with Gasteiger partial charge in [0, 0.05) is 40.6 Å². The lowest BCUT2D eigenvalue weighted by Crippen LogP contribution is -2.29. The summed E-state index contributed by atoms with van der Waals surface area (Å²) in [6, 6.07) is 20.2. The fourth-order valence-corrected chi connectivity index (χ4v) is 5.61. The summed E-state index contributed by atoms with van der Waals surface area (Å²) in [6.45, 7) is 9.80. The van der Waals surface area contributed by atoms with Gasteiger partial charge in [0.05, 0.1) is 17.8 Å². The molecule has 0 spiro atoms. The number of anilines is 2. The lowest BCUT2D eigenvalue weighted by Gasteiger charge is -2.29. The number of halogens is 1. The third-order valence-corrected chi connectivity index (χ3v) is 7.54. The van der Waals surface area contributed by atoms with E-state index in [1.807, 2.05) is 70.2 Å². The molecule has 6 nitrogen and oxygen atoms in total. The highest BCUT2D eigenvalue weighted by Gasteiger charge is 2.42. The molecular weight excluding hydrogens is 509 g/mol. The lowest BCUT2D eigenvalue weighted by molar-refractivity contribution is -0.118. The van der Waals surface area contributed by atoms with E-state index in [0.29, 0.717) is 5.11 Å². The number of nitrogens with one attached hydrogen (secondary N) is 2. The van der Waals surface area contributed by atoms with Crippen LogP contribution in [0.15, 0.2) is 72.9 Å². The first-order valence-electron chi connectivity index (χ1n) is 13.0. The van der Waals surface area contributed by atoms with Crippen molar-refractivity contribution in [3.8, 4) is 5.69 Å². The number of hydrogen-bond donors (Lipinski definition) is 2. The first-order valence-corrected chi connectivity index (χ1v) is 13.4. The summed E-state index contributed by atoms with van der Waals surface area (Å²) < 4.78 is 16.2. The van der Waals surface area contributed by atoms with E-state index in [1.54, 1.807) is 18.3 Å². The molecule has 4 aromatic rings. The van der Waals surface area contributed by atoms with Crippen LogP contribution in [0.3, 0.4) is 0 Å². The molecule has 1 aliphatic rings. The predicted molar refractivity (Wildman–Crippen MR) is 158 cm³/mol. The van der Waals surface area contributed by atoms with Gasteiger partial charge in [-0.2, -0.15) is 0 Å². The van der Waals surface area contributed by atoms with E-state index in [9.17, 15) is 9.18 Å². The van der Waals surface area contributed by atoms with E-state index >= 15 is 0 Å². The molecule has 8 heteroatoms. The average molecular weight is 542 g/mol. The van der Waals surface area contributed by atoms with Crippen molar-refractivity contribution in [2.45, 2.75) is 46.7 Å². The fourth-order valence-electron chi connectivity index (χ4n) is 5.26. The molecular formula is C31H32FN5OS. The van der Waals surface area contributed by atoms with Gasteiger partial charge in [-0.15, -0.1) is 0 Å². The molecule has 1 aliphatic heterocycles. The maximum Gasteiger partial charge on any atom is 0.226 e. The number of pyridine rings is 1. The predicted octanol–water partition coefficient (Wildman–Crippen LogP) is 6.71. The Morgan fingerprint density at radius 2 is 1.82 bits per heavy atom. The van der Waals surface area contributed by atoms with Gasteiger partial charge in [0.2, 0.25) is 5.91 Å². The van der Waals surface area contributed by atoms with Crippen LogP contribution in [0, 0.1) is 32.5 Å². The summed E-state index contributed by atoms with van der Waals surface area (Å²) in [5.74, 6) is -0.420. The number of benzene rings is 2. The minimum atomic E-state index is -0.279. The molecule has 2 N–H and O–H groups in total. The van der Waals surface area contributed by atoms with Crippen LogP contribution in [-0.2, 0) is 4.79 Å². The quantitative estimate of drug-likeness (QED) is 0.266. The molecule has 39 heavy (non-hydrogen) atoms. The number of aromatic nitrogens is 2. The van der Waals surface area contributed by atoms with E-state index in [2.05, 4.69) is 38.1 Å². The molecule has 1 saturated heterocycles.